The van der Waals surface area contributed by atoms with Crippen LogP contribution in [0.1, 0.15) is 31.2 Å². The number of halogens is 1. The number of rotatable bonds is 5. The van der Waals surface area contributed by atoms with Gasteiger partial charge in [0.05, 0.1) is 23.8 Å². The Hall–Kier alpha value is -0.970. The van der Waals surface area contributed by atoms with E-state index < -0.39 is 0 Å². The number of nitrogens with one attached hydrogen (secondary N) is 1. The number of methoxy groups -OCH3 is 1. The van der Waals surface area contributed by atoms with E-state index in [0.717, 1.165) is 43.7 Å². The van der Waals surface area contributed by atoms with Crippen LogP contribution < -0.4 is 14.8 Å². The van der Waals surface area contributed by atoms with E-state index in [-0.39, 0.29) is 5.60 Å². The van der Waals surface area contributed by atoms with Gasteiger partial charge in [-0.1, -0.05) is 11.6 Å². The van der Waals surface area contributed by atoms with Gasteiger partial charge in [-0.15, -0.1) is 0 Å². The largest absolute Gasteiger partial charge is 0.489 e. The molecular formula is C16H22ClNO3. The molecule has 0 saturated heterocycles. The fourth-order valence-corrected chi connectivity index (χ4v) is 3.13. The molecule has 1 aromatic carbocycles. The van der Waals surface area contributed by atoms with Crippen molar-refractivity contribution in [2.24, 2.45) is 0 Å². The maximum absolute atomic E-state index is 6.30. The highest BCUT2D eigenvalue weighted by Crippen LogP contribution is 2.38. The third kappa shape index (κ3) is 3.28. The van der Waals surface area contributed by atoms with Gasteiger partial charge in [-0.3, -0.25) is 0 Å². The van der Waals surface area contributed by atoms with E-state index in [1.807, 2.05) is 12.1 Å². The number of hydrogen-bond donors (Lipinski definition) is 1. The van der Waals surface area contributed by atoms with Crippen LogP contribution in [-0.4, -0.2) is 32.5 Å². The number of benzene rings is 1. The molecule has 1 aliphatic heterocycles. The molecule has 0 atom stereocenters. The minimum absolute atomic E-state index is 0.0368. The monoisotopic (exact) mass is 311 g/mol. The molecule has 1 aliphatic carbocycles. The van der Waals surface area contributed by atoms with Crippen molar-refractivity contribution < 1.29 is 14.2 Å². The van der Waals surface area contributed by atoms with E-state index >= 15 is 0 Å². The summed E-state index contributed by atoms with van der Waals surface area (Å²) in [6.07, 6.45) is 4.41. The molecule has 0 amide bonds. The van der Waals surface area contributed by atoms with Crippen LogP contribution in [0.25, 0.3) is 0 Å². The lowest BCUT2D eigenvalue weighted by molar-refractivity contribution is -0.0695. The van der Waals surface area contributed by atoms with Gasteiger partial charge in [0.15, 0.2) is 11.5 Å². The van der Waals surface area contributed by atoms with Crippen LogP contribution >= 0.6 is 11.6 Å². The first-order valence-corrected chi connectivity index (χ1v) is 7.94. The fraction of sp³-hybridized carbons (Fsp3) is 0.625. The predicted octanol–water partition coefficient (Wildman–Crippen LogP) is 3.16. The van der Waals surface area contributed by atoms with Gasteiger partial charge in [0, 0.05) is 26.6 Å². The molecule has 0 radical (unpaired) electrons. The molecule has 0 spiro atoms. The van der Waals surface area contributed by atoms with E-state index in [0.29, 0.717) is 24.0 Å². The minimum Gasteiger partial charge on any atom is -0.489 e. The van der Waals surface area contributed by atoms with Crippen molar-refractivity contribution in [1.29, 1.82) is 0 Å². The first-order chi connectivity index (χ1) is 10.2. The first-order valence-electron chi connectivity index (χ1n) is 7.56. The van der Waals surface area contributed by atoms with E-state index in [4.69, 9.17) is 25.8 Å². The van der Waals surface area contributed by atoms with E-state index in [1.54, 1.807) is 7.11 Å². The van der Waals surface area contributed by atoms with Crippen LogP contribution in [0.4, 0.5) is 0 Å². The van der Waals surface area contributed by atoms with Gasteiger partial charge in [0.25, 0.3) is 0 Å². The van der Waals surface area contributed by atoms with Crippen LogP contribution in [0.5, 0.6) is 11.5 Å². The highest BCUT2D eigenvalue weighted by molar-refractivity contribution is 6.32. The zero-order valence-electron chi connectivity index (χ0n) is 12.4. The second-order valence-corrected chi connectivity index (χ2v) is 6.21. The van der Waals surface area contributed by atoms with Crippen molar-refractivity contribution in [3.05, 3.63) is 22.7 Å². The zero-order valence-corrected chi connectivity index (χ0v) is 13.2. The summed E-state index contributed by atoms with van der Waals surface area (Å²) in [4.78, 5) is 0. The summed E-state index contributed by atoms with van der Waals surface area (Å²) < 4.78 is 17.0. The Bertz CT molecular complexity index is 497. The lowest BCUT2D eigenvalue weighted by Crippen LogP contribution is -2.47. The summed E-state index contributed by atoms with van der Waals surface area (Å²) in [5, 5.41) is 4.09. The summed E-state index contributed by atoms with van der Waals surface area (Å²) >= 11 is 6.30. The van der Waals surface area contributed by atoms with Crippen molar-refractivity contribution >= 4 is 11.6 Å². The summed E-state index contributed by atoms with van der Waals surface area (Å²) in [6, 6.07) is 3.96. The highest BCUT2D eigenvalue weighted by atomic mass is 35.5. The van der Waals surface area contributed by atoms with Gasteiger partial charge in [-0.2, -0.15) is 0 Å². The van der Waals surface area contributed by atoms with Crippen molar-refractivity contribution in [3.8, 4) is 11.5 Å². The second-order valence-electron chi connectivity index (χ2n) is 5.80. The van der Waals surface area contributed by atoms with Crippen LogP contribution in [0.15, 0.2) is 12.1 Å². The molecule has 116 valence electrons. The number of fused-ring (bicyclic) bond motifs is 1. The van der Waals surface area contributed by atoms with Crippen molar-refractivity contribution in [3.63, 3.8) is 0 Å². The Morgan fingerprint density at radius 1 is 1.24 bits per heavy atom. The molecular weight excluding hydrogens is 290 g/mol. The molecule has 5 heteroatoms. The number of hydrogen-bond acceptors (Lipinski definition) is 4. The van der Waals surface area contributed by atoms with Gasteiger partial charge in [-0.05, 0) is 37.0 Å². The van der Waals surface area contributed by atoms with Gasteiger partial charge in [-0.25, -0.2) is 0 Å². The average Bonchev–Trinajstić information content (AvgIpc) is 2.67. The molecule has 1 N–H and O–H groups in total. The third-order valence-corrected chi connectivity index (χ3v) is 4.62. The second kappa shape index (κ2) is 6.42. The molecule has 0 bridgehead atoms. The Labute approximate surface area is 130 Å². The van der Waals surface area contributed by atoms with Gasteiger partial charge in [0.1, 0.15) is 0 Å². The smallest absolute Gasteiger partial charge is 0.179 e. The number of ether oxygens (including phenoxy) is 3. The zero-order chi connectivity index (χ0) is 14.7. The summed E-state index contributed by atoms with van der Waals surface area (Å²) in [5.41, 5.74) is 1.14. The highest BCUT2D eigenvalue weighted by Gasteiger charge is 2.36. The predicted molar refractivity (Wildman–Crippen MR) is 82.4 cm³/mol. The molecule has 0 aromatic heterocycles. The van der Waals surface area contributed by atoms with Crippen molar-refractivity contribution in [1.82, 2.24) is 5.32 Å². The Morgan fingerprint density at radius 2 is 2.05 bits per heavy atom. The average molecular weight is 312 g/mol. The Balaban J connectivity index is 1.63. The third-order valence-electron chi connectivity index (χ3n) is 4.34. The molecule has 21 heavy (non-hydrogen) atoms. The Morgan fingerprint density at radius 3 is 2.76 bits per heavy atom. The van der Waals surface area contributed by atoms with E-state index in [2.05, 4.69) is 5.32 Å². The summed E-state index contributed by atoms with van der Waals surface area (Å²) in [5.74, 6) is 1.42. The van der Waals surface area contributed by atoms with E-state index in [1.165, 1.54) is 6.42 Å². The summed E-state index contributed by atoms with van der Waals surface area (Å²) in [6.45, 7) is 2.95. The molecule has 3 rings (SSSR count). The standard InChI is InChI=1S/C16H22ClNO3/c1-19-16(4-2-5-16)11-18-10-12-8-13(17)15-14(9-12)20-6-3-7-21-15/h8-9,18H,2-7,10-11H2,1H3. The van der Waals surface area contributed by atoms with Gasteiger partial charge >= 0.3 is 0 Å². The summed E-state index contributed by atoms with van der Waals surface area (Å²) in [7, 11) is 1.80. The molecule has 1 heterocycles. The van der Waals surface area contributed by atoms with Crippen LogP contribution in [0.2, 0.25) is 5.02 Å². The van der Waals surface area contributed by atoms with Gasteiger partial charge in [0.2, 0.25) is 0 Å². The molecule has 1 fully saturated rings. The van der Waals surface area contributed by atoms with Crippen molar-refractivity contribution in [2.75, 3.05) is 26.9 Å². The fourth-order valence-electron chi connectivity index (χ4n) is 2.85. The van der Waals surface area contributed by atoms with Crippen molar-refractivity contribution in [2.45, 2.75) is 37.8 Å². The maximum Gasteiger partial charge on any atom is 0.179 e. The molecule has 1 aromatic rings. The SMILES string of the molecule is COC1(CNCc2cc(Cl)c3c(c2)OCCCO3)CCC1. The lowest BCUT2D eigenvalue weighted by Gasteiger charge is -2.40. The van der Waals surface area contributed by atoms with Crippen LogP contribution in [-0.2, 0) is 11.3 Å². The quantitative estimate of drug-likeness (QED) is 0.906. The van der Waals surface area contributed by atoms with Crippen LogP contribution in [0.3, 0.4) is 0 Å². The first kappa shape index (κ1) is 14.9. The molecule has 4 nitrogen and oxygen atoms in total. The maximum atomic E-state index is 6.30. The van der Waals surface area contributed by atoms with Gasteiger partial charge < -0.3 is 19.5 Å². The minimum atomic E-state index is 0.0368. The molecule has 0 unspecified atom stereocenters. The normalized spacial score (nSPS) is 19.7. The lowest BCUT2D eigenvalue weighted by atomic mass is 9.80. The Kier molecular flexibility index (Phi) is 4.57. The van der Waals surface area contributed by atoms with Crippen LogP contribution in [0, 0.1) is 0 Å². The molecule has 1 saturated carbocycles. The topological polar surface area (TPSA) is 39.7 Å². The molecule has 2 aliphatic rings. The van der Waals surface area contributed by atoms with E-state index in [9.17, 15) is 0 Å².